The number of hydrogen-bond donors (Lipinski definition) is 1. The lowest BCUT2D eigenvalue weighted by molar-refractivity contribution is 0.0724. The molecule has 1 saturated carbocycles. The molecule has 1 fully saturated rings. The fourth-order valence-corrected chi connectivity index (χ4v) is 2.43. The molecule has 0 spiro atoms. The molecule has 5 nitrogen and oxygen atoms in total. The highest BCUT2D eigenvalue weighted by Gasteiger charge is 2.34. The van der Waals surface area contributed by atoms with E-state index < -0.39 is 0 Å². The summed E-state index contributed by atoms with van der Waals surface area (Å²) in [6.07, 6.45) is 3.85. The molecule has 1 heterocycles. The van der Waals surface area contributed by atoms with Crippen molar-refractivity contribution in [1.82, 2.24) is 14.7 Å². The first kappa shape index (κ1) is 13.7. The van der Waals surface area contributed by atoms with Crippen molar-refractivity contribution in [2.45, 2.75) is 38.9 Å². The first-order valence-electron chi connectivity index (χ1n) is 7.37. The number of nitrogen functional groups attached to an aromatic ring is 1. The van der Waals surface area contributed by atoms with Gasteiger partial charge < -0.3 is 10.6 Å². The summed E-state index contributed by atoms with van der Waals surface area (Å²) >= 11 is 0. The largest absolute Gasteiger partial charge is 0.396 e. The number of nitrogens with two attached hydrogens (primary N) is 1. The standard InChI is InChI=1S/C16H20N4O/c1-2-19-11-14(17)15(18-19)16(21)20(13-8-9-13)10-12-6-4-3-5-7-12/h3-7,11,13H,2,8-10,17H2,1H3. The van der Waals surface area contributed by atoms with Gasteiger partial charge in [0.1, 0.15) is 0 Å². The Morgan fingerprint density at radius 2 is 2.10 bits per heavy atom. The third-order valence-corrected chi connectivity index (χ3v) is 3.76. The number of nitrogens with zero attached hydrogens (tertiary/aromatic N) is 3. The van der Waals surface area contributed by atoms with Gasteiger partial charge in [-0.25, -0.2) is 0 Å². The number of aromatic nitrogens is 2. The number of hydrogen-bond acceptors (Lipinski definition) is 3. The normalized spacial score (nSPS) is 14.1. The van der Waals surface area contributed by atoms with Gasteiger partial charge in [0, 0.05) is 25.3 Å². The quantitative estimate of drug-likeness (QED) is 0.916. The summed E-state index contributed by atoms with van der Waals surface area (Å²) in [7, 11) is 0. The second kappa shape index (κ2) is 5.60. The van der Waals surface area contributed by atoms with Gasteiger partial charge in [0.15, 0.2) is 5.69 Å². The maximum Gasteiger partial charge on any atom is 0.277 e. The molecule has 1 aliphatic rings. The Bertz CT molecular complexity index is 631. The maximum atomic E-state index is 12.8. The Balaban J connectivity index is 1.83. The summed E-state index contributed by atoms with van der Waals surface area (Å²) in [5.74, 6) is -0.0638. The monoisotopic (exact) mass is 284 g/mol. The van der Waals surface area contributed by atoms with Gasteiger partial charge >= 0.3 is 0 Å². The highest BCUT2D eigenvalue weighted by Crippen LogP contribution is 2.30. The molecule has 1 amide bonds. The van der Waals surface area contributed by atoms with E-state index >= 15 is 0 Å². The topological polar surface area (TPSA) is 64.2 Å². The van der Waals surface area contributed by atoms with Crippen molar-refractivity contribution < 1.29 is 4.79 Å². The Hall–Kier alpha value is -2.30. The molecule has 2 aromatic rings. The van der Waals surface area contributed by atoms with Crippen LogP contribution in [-0.2, 0) is 13.1 Å². The second-order valence-corrected chi connectivity index (χ2v) is 5.44. The molecule has 1 aromatic carbocycles. The molecule has 1 aliphatic carbocycles. The van der Waals surface area contributed by atoms with Crippen molar-refractivity contribution in [3.05, 3.63) is 47.8 Å². The smallest absolute Gasteiger partial charge is 0.277 e. The summed E-state index contributed by atoms with van der Waals surface area (Å²) in [4.78, 5) is 14.6. The molecule has 0 bridgehead atoms. The fourth-order valence-electron chi connectivity index (χ4n) is 2.43. The SMILES string of the molecule is CCn1cc(N)c(C(=O)N(Cc2ccccc2)C2CC2)n1. The molecule has 0 atom stereocenters. The molecule has 3 rings (SSSR count). The molecule has 2 N–H and O–H groups in total. The summed E-state index contributed by atoms with van der Waals surface area (Å²) in [5.41, 5.74) is 7.90. The van der Waals surface area contributed by atoms with Crippen molar-refractivity contribution >= 4 is 11.6 Å². The average Bonchev–Trinajstić information content (AvgIpc) is 3.27. The average molecular weight is 284 g/mol. The van der Waals surface area contributed by atoms with Gasteiger partial charge in [-0.05, 0) is 25.3 Å². The van der Waals surface area contributed by atoms with Gasteiger partial charge in [0.2, 0.25) is 0 Å². The molecule has 110 valence electrons. The van der Waals surface area contributed by atoms with Crippen LogP contribution < -0.4 is 5.73 Å². The molecule has 1 aromatic heterocycles. The van der Waals surface area contributed by atoms with E-state index in [2.05, 4.69) is 5.10 Å². The highest BCUT2D eigenvalue weighted by molar-refractivity contribution is 5.97. The molecular formula is C16H20N4O. The second-order valence-electron chi connectivity index (χ2n) is 5.44. The number of carbonyl (C=O) groups excluding carboxylic acids is 1. The van der Waals surface area contributed by atoms with Crippen LogP contribution in [0.15, 0.2) is 36.5 Å². The van der Waals surface area contributed by atoms with Crippen LogP contribution in [0.25, 0.3) is 0 Å². The van der Waals surface area contributed by atoms with Crippen LogP contribution in [0, 0.1) is 0 Å². The molecular weight excluding hydrogens is 264 g/mol. The lowest BCUT2D eigenvalue weighted by Crippen LogP contribution is -2.33. The zero-order chi connectivity index (χ0) is 14.8. The van der Waals surface area contributed by atoms with Gasteiger partial charge in [0.25, 0.3) is 5.91 Å². The number of rotatable bonds is 5. The zero-order valence-corrected chi connectivity index (χ0v) is 12.2. The third-order valence-electron chi connectivity index (χ3n) is 3.76. The molecule has 0 aliphatic heterocycles. The number of anilines is 1. The minimum absolute atomic E-state index is 0.0638. The first-order chi connectivity index (χ1) is 10.2. The van der Waals surface area contributed by atoms with Gasteiger partial charge in [-0.3, -0.25) is 9.48 Å². The molecule has 21 heavy (non-hydrogen) atoms. The van der Waals surface area contributed by atoms with Crippen molar-refractivity contribution in [3.8, 4) is 0 Å². The predicted octanol–water partition coefficient (Wildman–Crippen LogP) is 2.29. The Kier molecular flexibility index (Phi) is 3.64. The number of amides is 1. The molecule has 0 radical (unpaired) electrons. The summed E-state index contributed by atoms with van der Waals surface area (Å²) in [5, 5.41) is 4.30. The Morgan fingerprint density at radius 3 is 2.67 bits per heavy atom. The summed E-state index contributed by atoms with van der Waals surface area (Å²) in [6, 6.07) is 10.4. The highest BCUT2D eigenvalue weighted by atomic mass is 16.2. The van der Waals surface area contributed by atoms with E-state index in [9.17, 15) is 4.79 Å². The fraction of sp³-hybridized carbons (Fsp3) is 0.375. The Morgan fingerprint density at radius 1 is 1.38 bits per heavy atom. The maximum absolute atomic E-state index is 12.8. The van der Waals surface area contributed by atoms with Crippen LogP contribution in [0.1, 0.15) is 35.8 Å². The first-order valence-corrected chi connectivity index (χ1v) is 7.37. The van der Waals surface area contributed by atoms with Crippen LogP contribution in [-0.4, -0.2) is 26.6 Å². The molecule has 5 heteroatoms. The minimum Gasteiger partial charge on any atom is -0.396 e. The lowest BCUT2D eigenvalue weighted by atomic mass is 10.2. The van der Waals surface area contributed by atoms with Crippen molar-refractivity contribution in [2.24, 2.45) is 0 Å². The third kappa shape index (κ3) is 2.91. The van der Waals surface area contributed by atoms with E-state index in [0.29, 0.717) is 30.5 Å². The summed E-state index contributed by atoms with van der Waals surface area (Å²) in [6.45, 7) is 3.30. The van der Waals surface area contributed by atoms with E-state index in [1.54, 1.807) is 10.9 Å². The van der Waals surface area contributed by atoms with E-state index in [-0.39, 0.29) is 5.91 Å². The van der Waals surface area contributed by atoms with E-state index in [4.69, 9.17) is 5.73 Å². The van der Waals surface area contributed by atoms with E-state index in [1.807, 2.05) is 42.2 Å². The van der Waals surface area contributed by atoms with Crippen LogP contribution >= 0.6 is 0 Å². The lowest BCUT2D eigenvalue weighted by Gasteiger charge is -2.21. The molecule has 0 unspecified atom stereocenters. The number of carbonyl (C=O) groups is 1. The van der Waals surface area contributed by atoms with E-state index in [0.717, 1.165) is 18.4 Å². The van der Waals surface area contributed by atoms with Crippen molar-refractivity contribution in [2.75, 3.05) is 5.73 Å². The van der Waals surface area contributed by atoms with E-state index in [1.165, 1.54) is 0 Å². The number of aryl methyl sites for hydroxylation is 1. The van der Waals surface area contributed by atoms with Gasteiger partial charge in [-0.15, -0.1) is 0 Å². The van der Waals surface area contributed by atoms with Gasteiger partial charge in [-0.2, -0.15) is 5.10 Å². The van der Waals surface area contributed by atoms with Gasteiger partial charge in [0.05, 0.1) is 5.69 Å². The zero-order valence-electron chi connectivity index (χ0n) is 12.2. The van der Waals surface area contributed by atoms with Crippen LogP contribution in [0.3, 0.4) is 0 Å². The van der Waals surface area contributed by atoms with Crippen LogP contribution in [0.5, 0.6) is 0 Å². The minimum atomic E-state index is -0.0638. The predicted molar refractivity (Wildman–Crippen MR) is 81.7 cm³/mol. The van der Waals surface area contributed by atoms with Crippen LogP contribution in [0.4, 0.5) is 5.69 Å². The van der Waals surface area contributed by atoms with Crippen molar-refractivity contribution in [3.63, 3.8) is 0 Å². The molecule has 0 saturated heterocycles. The summed E-state index contributed by atoms with van der Waals surface area (Å²) < 4.78 is 1.70. The number of benzene rings is 1. The van der Waals surface area contributed by atoms with Crippen molar-refractivity contribution in [1.29, 1.82) is 0 Å². The van der Waals surface area contributed by atoms with Crippen LogP contribution in [0.2, 0.25) is 0 Å². The Labute approximate surface area is 124 Å². The van der Waals surface area contributed by atoms with Gasteiger partial charge in [-0.1, -0.05) is 30.3 Å².